The first-order valence-corrected chi connectivity index (χ1v) is 8.74. The van der Waals surface area contributed by atoms with Gasteiger partial charge in [-0.25, -0.2) is 0 Å². The van der Waals surface area contributed by atoms with Gasteiger partial charge in [0.05, 0.1) is 17.9 Å². The Morgan fingerprint density at radius 1 is 1.35 bits per heavy atom. The van der Waals surface area contributed by atoms with Crippen molar-refractivity contribution in [3.8, 4) is 5.75 Å². The topological polar surface area (TPSA) is 76.5 Å². The number of anilines is 1. The van der Waals surface area contributed by atoms with Gasteiger partial charge < -0.3 is 10.1 Å². The molecule has 1 N–H and O–H groups in total. The number of benzene rings is 1. The highest BCUT2D eigenvalue weighted by Gasteiger charge is 2.27. The van der Waals surface area contributed by atoms with Crippen LogP contribution in [0.1, 0.15) is 17.0 Å². The zero-order valence-corrected chi connectivity index (χ0v) is 15.8. The zero-order chi connectivity index (χ0) is 18.8. The molecule has 2 aromatic rings. The minimum absolute atomic E-state index is 0.0777. The molecule has 0 unspecified atom stereocenters. The molecule has 1 aromatic carbocycles. The lowest BCUT2D eigenvalue weighted by molar-refractivity contribution is -0.125. The number of carbonyl (C=O) groups excluding carboxylic acids is 2. The summed E-state index contributed by atoms with van der Waals surface area (Å²) in [6.07, 6.45) is 0. The number of nitrogens with one attached hydrogen (secondary N) is 1. The van der Waals surface area contributed by atoms with E-state index in [9.17, 15) is 9.59 Å². The fraction of sp³-hybridized carbons (Fsp3) is 0.389. The van der Waals surface area contributed by atoms with Gasteiger partial charge in [0.25, 0.3) is 5.91 Å². The number of rotatable bonds is 5. The van der Waals surface area contributed by atoms with Gasteiger partial charge in [-0.1, -0.05) is 11.6 Å². The molecular weight excluding hydrogens is 356 g/mol. The van der Waals surface area contributed by atoms with Crippen molar-refractivity contribution < 1.29 is 14.3 Å². The number of nitrogens with zero attached hydrogens (tertiary/aromatic N) is 3. The summed E-state index contributed by atoms with van der Waals surface area (Å²) < 4.78 is 7.25. The molecule has 0 saturated heterocycles. The Morgan fingerprint density at radius 2 is 2.12 bits per heavy atom. The number of ether oxygens (including phenoxy) is 1. The Hall–Kier alpha value is -2.54. The maximum atomic E-state index is 12.3. The third kappa shape index (κ3) is 3.67. The molecule has 0 aliphatic carbocycles. The fourth-order valence-electron chi connectivity index (χ4n) is 2.85. The predicted molar refractivity (Wildman–Crippen MR) is 98.7 cm³/mol. The summed E-state index contributed by atoms with van der Waals surface area (Å²) in [5, 5.41) is 7.76. The van der Waals surface area contributed by atoms with E-state index in [1.807, 2.05) is 25.5 Å². The summed E-state index contributed by atoms with van der Waals surface area (Å²) in [5.41, 5.74) is 3.74. The van der Waals surface area contributed by atoms with E-state index in [1.54, 1.807) is 18.2 Å². The maximum Gasteiger partial charge on any atom is 0.265 e. The number of aromatic nitrogens is 2. The molecule has 2 amide bonds. The van der Waals surface area contributed by atoms with E-state index in [4.69, 9.17) is 16.3 Å². The first kappa shape index (κ1) is 18.3. The monoisotopic (exact) mass is 376 g/mol. The summed E-state index contributed by atoms with van der Waals surface area (Å²) in [6.45, 7) is 6.83. The molecular formula is C18H21ClN4O3. The van der Waals surface area contributed by atoms with Gasteiger partial charge in [-0.3, -0.25) is 19.2 Å². The summed E-state index contributed by atoms with van der Waals surface area (Å²) in [6, 6.07) is 5.00. The van der Waals surface area contributed by atoms with Crippen LogP contribution in [0.5, 0.6) is 5.75 Å². The minimum Gasteiger partial charge on any atom is -0.482 e. The van der Waals surface area contributed by atoms with Crippen molar-refractivity contribution in [2.75, 3.05) is 24.6 Å². The second-order valence-electron chi connectivity index (χ2n) is 6.25. The van der Waals surface area contributed by atoms with Gasteiger partial charge in [-0.05, 0) is 44.5 Å². The van der Waals surface area contributed by atoms with E-state index in [0.29, 0.717) is 29.5 Å². The van der Waals surface area contributed by atoms with Gasteiger partial charge in [0, 0.05) is 17.3 Å². The molecule has 0 saturated carbocycles. The number of halogens is 1. The van der Waals surface area contributed by atoms with Crippen molar-refractivity contribution in [2.24, 2.45) is 0 Å². The van der Waals surface area contributed by atoms with Gasteiger partial charge >= 0.3 is 0 Å². The van der Waals surface area contributed by atoms with Crippen molar-refractivity contribution in [3.63, 3.8) is 0 Å². The highest BCUT2D eigenvalue weighted by molar-refractivity contribution is 6.31. The quantitative estimate of drug-likeness (QED) is 0.866. The van der Waals surface area contributed by atoms with E-state index < -0.39 is 0 Å². The first-order valence-electron chi connectivity index (χ1n) is 8.37. The normalized spacial score (nSPS) is 13.4. The number of amides is 2. The lowest BCUT2D eigenvalue weighted by Gasteiger charge is -2.29. The lowest BCUT2D eigenvalue weighted by Crippen LogP contribution is -2.45. The Morgan fingerprint density at radius 3 is 2.81 bits per heavy atom. The van der Waals surface area contributed by atoms with E-state index in [1.165, 1.54) is 4.90 Å². The van der Waals surface area contributed by atoms with Crippen molar-refractivity contribution in [3.05, 3.63) is 40.2 Å². The molecule has 0 fully saturated rings. The second-order valence-corrected chi connectivity index (χ2v) is 6.69. The Kier molecular flexibility index (Phi) is 5.18. The molecule has 2 heterocycles. The second kappa shape index (κ2) is 7.37. The Balaban J connectivity index is 1.61. The largest absolute Gasteiger partial charge is 0.482 e. The molecule has 1 aliphatic rings. The third-order valence-electron chi connectivity index (χ3n) is 4.55. The highest BCUT2D eigenvalue weighted by Crippen LogP contribution is 2.34. The average molecular weight is 377 g/mol. The number of hydrogen-bond donors (Lipinski definition) is 1. The van der Waals surface area contributed by atoms with Gasteiger partial charge in [0.15, 0.2) is 6.61 Å². The number of hydrogen-bond acceptors (Lipinski definition) is 4. The third-order valence-corrected chi connectivity index (χ3v) is 4.79. The molecule has 0 radical (unpaired) electrons. The molecule has 138 valence electrons. The predicted octanol–water partition coefficient (Wildman–Crippen LogP) is 2.00. The zero-order valence-electron chi connectivity index (χ0n) is 15.0. The Bertz CT molecular complexity index is 862. The van der Waals surface area contributed by atoms with E-state index in [2.05, 4.69) is 10.4 Å². The van der Waals surface area contributed by atoms with E-state index >= 15 is 0 Å². The standard InChI is InChI=1S/C18H21ClN4O3/c1-11-12(2)21-23(13(11)3)7-6-20-17(24)9-22-15-8-14(19)4-5-16(15)26-10-18(22)25/h4-5,8H,6-7,9-10H2,1-3H3,(H,20,24). The first-order chi connectivity index (χ1) is 12.4. The summed E-state index contributed by atoms with van der Waals surface area (Å²) in [4.78, 5) is 25.8. The molecule has 3 rings (SSSR count). The van der Waals surface area contributed by atoms with Crippen molar-refractivity contribution in [1.82, 2.24) is 15.1 Å². The highest BCUT2D eigenvalue weighted by atomic mass is 35.5. The molecule has 0 bridgehead atoms. The summed E-state index contributed by atoms with van der Waals surface area (Å²) >= 11 is 6.00. The molecule has 1 aromatic heterocycles. The molecule has 0 spiro atoms. The number of carbonyl (C=O) groups is 2. The molecule has 7 nitrogen and oxygen atoms in total. The molecule has 8 heteroatoms. The number of aryl methyl sites for hydroxylation is 1. The molecule has 0 atom stereocenters. The van der Waals surface area contributed by atoms with Gasteiger partial charge in [-0.15, -0.1) is 0 Å². The van der Waals surface area contributed by atoms with Crippen LogP contribution in [0.3, 0.4) is 0 Å². The van der Waals surface area contributed by atoms with Crippen LogP contribution in [0, 0.1) is 20.8 Å². The van der Waals surface area contributed by atoms with Crippen molar-refractivity contribution in [2.45, 2.75) is 27.3 Å². The molecule has 26 heavy (non-hydrogen) atoms. The van der Waals surface area contributed by atoms with Crippen LogP contribution in [0.15, 0.2) is 18.2 Å². The smallest absolute Gasteiger partial charge is 0.265 e. The summed E-state index contributed by atoms with van der Waals surface area (Å²) in [5.74, 6) is 0.0217. The van der Waals surface area contributed by atoms with Crippen molar-refractivity contribution >= 4 is 29.1 Å². The van der Waals surface area contributed by atoms with Gasteiger partial charge in [-0.2, -0.15) is 5.10 Å². The van der Waals surface area contributed by atoms with Crippen LogP contribution < -0.4 is 15.0 Å². The van der Waals surface area contributed by atoms with Crippen LogP contribution >= 0.6 is 11.6 Å². The van der Waals surface area contributed by atoms with Crippen LogP contribution in [-0.4, -0.2) is 41.3 Å². The SMILES string of the molecule is Cc1nn(CCNC(=O)CN2C(=O)COc3ccc(Cl)cc32)c(C)c1C. The van der Waals surface area contributed by atoms with Crippen molar-refractivity contribution in [1.29, 1.82) is 0 Å². The lowest BCUT2D eigenvalue weighted by atomic mass is 10.2. The van der Waals surface area contributed by atoms with Crippen LogP contribution in [0.2, 0.25) is 5.02 Å². The average Bonchev–Trinajstić information content (AvgIpc) is 2.85. The van der Waals surface area contributed by atoms with Gasteiger partial charge in [0.1, 0.15) is 12.3 Å². The van der Waals surface area contributed by atoms with E-state index in [0.717, 1.165) is 17.0 Å². The minimum atomic E-state index is -0.274. The van der Waals surface area contributed by atoms with Gasteiger partial charge in [0.2, 0.25) is 5.91 Å². The Labute approximate surface area is 156 Å². The van der Waals surface area contributed by atoms with Crippen LogP contribution in [0.25, 0.3) is 0 Å². The van der Waals surface area contributed by atoms with E-state index in [-0.39, 0.29) is 25.0 Å². The fourth-order valence-corrected chi connectivity index (χ4v) is 3.02. The summed E-state index contributed by atoms with van der Waals surface area (Å²) in [7, 11) is 0. The van der Waals surface area contributed by atoms with Crippen LogP contribution in [0.4, 0.5) is 5.69 Å². The number of fused-ring (bicyclic) bond motifs is 1. The maximum absolute atomic E-state index is 12.3. The molecule has 1 aliphatic heterocycles. The van der Waals surface area contributed by atoms with Crippen LogP contribution in [-0.2, 0) is 16.1 Å².